The molecule has 0 radical (unpaired) electrons. The van der Waals surface area contributed by atoms with Gasteiger partial charge in [-0.15, -0.1) is 0 Å². The Morgan fingerprint density at radius 2 is 1.75 bits per heavy atom. The summed E-state index contributed by atoms with van der Waals surface area (Å²) in [4.78, 5) is 16.9. The van der Waals surface area contributed by atoms with E-state index in [1.165, 1.54) is 24.8 Å². The zero-order valence-electron chi connectivity index (χ0n) is 14.9. The number of rotatable bonds is 4. The second-order valence-electron chi connectivity index (χ2n) is 7.35. The molecule has 2 amide bonds. The highest BCUT2D eigenvalue weighted by Crippen LogP contribution is 2.18. The van der Waals surface area contributed by atoms with E-state index in [0.29, 0.717) is 12.1 Å². The van der Waals surface area contributed by atoms with Gasteiger partial charge in [0, 0.05) is 38.3 Å². The van der Waals surface area contributed by atoms with Gasteiger partial charge in [-0.1, -0.05) is 49.6 Å². The monoisotopic (exact) mass is 329 g/mol. The zero-order chi connectivity index (χ0) is 16.8. The van der Waals surface area contributed by atoms with Gasteiger partial charge in [-0.25, -0.2) is 4.79 Å². The molecule has 0 aromatic heterocycles. The van der Waals surface area contributed by atoms with Crippen molar-refractivity contribution in [2.45, 2.75) is 57.5 Å². The minimum Gasteiger partial charge on any atom is -0.335 e. The average Bonchev–Trinajstić information content (AvgIpc) is 2.63. The lowest BCUT2D eigenvalue weighted by Gasteiger charge is -2.38. The average molecular weight is 329 g/mol. The molecule has 1 aliphatic heterocycles. The van der Waals surface area contributed by atoms with Crippen molar-refractivity contribution >= 4 is 6.03 Å². The Morgan fingerprint density at radius 3 is 2.42 bits per heavy atom. The normalized spacial score (nSPS) is 21.5. The first-order valence-corrected chi connectivity index (χ1v) is 9.56. The molecule has 1 heterocycles. The van der Waals surface area contributed by atoms with Gasteiger partial charge in [-0.3, -0.25) is 4.90 Å². The molecule has 1 saturated heterocycles. The quantitative estimate of drug-likeness (QED) is 0.920. The third kappa shape index (κ3) is 4.73. The molecular weight excluding hydrogens is 298 g/mol. The van der Waals surface area contributed by atoms with Crippen molar-refractivity contribution < 1.29 is 4.79 Å². The molecule has 1 aromatic carbocycles. The topological polar surface area (TPSA) is 35.6 Å². The minimum absolute atomic E-state index is 0.150. The van der Waals surface area contributed by atoms with E-state index in [0.717, 1.165) is 45.4 Å². The van der Waals surface area contributed by atoms with E-state index < -0.39 is 0 Å². The molecule has 2 fully saturated rings. The van der Waals surface area contributed by atoms with Crippen LogP contribution in [0.4, 0.5) is 4.79 Å². The van der Waals surface area contributed by atoms with Gasteiger partial charge in [-0.2, -0.15) is 0 Å². The van der Waals surface area contributed by atoms with E-state index in [2.05, 4.69) is 47.5 Å². The number of hydrogen-bond acceptors (Lipinski definition) is 2. The third-order valence-corrected chi connectivity index (χ3v) is 5.53. The molecule has 1 saturated carbocycles. The van der Waals surface area contributed by atoms with Crippen LogP contribution in [0.1, 0.15) is 44.6 Å². The van der Waals surface area contributed by atoms with Crippen LogP contribution in [0.5, 0.6) is 0 Å². The largest absolute Gasteiger partial charge is 0.335 e. The number of carbonyl (C=O) groups is 1. The van der Waals surface area contributed by atoms with Crippen LogP contribution >= 0.6 is 0 Å². The SMILES string of the molecule is CC(Cc1ccccc1)N1CCN(C(=O)NC2CCCCC2)CC1. The Kier molecular flexibility index (Phi) is 6.13. The first kappa shape index (κ1) is 17.3. The lowest BCUT2D eigenvalue weighted by atomic mass is 9.96. The van der Waals surface area contributed by atoms with Crippen LogP contribution in [0.25, 0.3) is 0 Å². The molecule has 1 aliphatic carbocycles. The smallest absolute Gasteiger partial charge is 0.317 e. The van der Waals surface area contributed by atoms with Crippen molar-refractivity contribution in [3.63, 3.8) is 0 Å². The maximum Gasteiger partial charge on any atom is 0.317 e. The van der Waals surface area contributed by atoms with Gasteiger partial charge < -0.3 is 10.2 Å². The van der Waals surface area contributed by atoms with E-state index in [9.17, 15) is 4.79 Å². The van der Waals surface area contributed by atoms with Crippen LogP contribution in [-0.4, -0.2) is 54.1 Å². The highest BCUT2D eigenvalue weighted by Gasteiger charge is 2.25. The van der Waals surface area contributed by atoms with Crippen LogP contribution in [-0.2, 0) is 6.42 Å². The summed E-state index contributed by atoms with van der Waals surface area (Å²) in [7, 11) is 0. The first-order valence-electron chi connectivity index (χ1n) is 9.56. The number of nitrogens with one attached hydrogen (secondary N) is 1. The standard InChI is InChI=1S/C20H31N3O/c1-17(16-18-8-4-2-5-9-18)22-12-14-23(15-13-22)20(24)21-19-10-6-3-7-11-19/h2,4-5,8-9,17,19H,3,6-7,10-16H2,1H3,(H,21,24). The first-order chi connectivity index (χ1) is 11.7. The highest BCUT2D eigenvalue weighted by molar-refractivity contribution is 5.74. The van der Waals surface area contributed by atoms with Crippen molar-refractivity contribution in [1.82, 2.24) is 15.1 Å². The summed E-state index contributed by atoms with van der Waals surface area (Å²) in [6.07, 6.45) is 7.23. The van der Waals surface area contributed by atoms with Gasteiger partial charge in [0.2, 0.25) is 0 Å². The van der Waals surface area contributed by atoms with E-state index in [-0.39, 0.29) is 6.03 Å². The summed E-state index contributed by atoms with van der Waals surface area (Å²) in [5.74, 6) is 0. The summed E-state index contributed by atoms with van der Waals surface area (Å²) in [5.41, 5.74) is 1.39. The van der Waals surface area contributed by atoms with Crippen LogP contribution in [0, 0.1) is 0 Å². The van der Waals surface area contributed by atoms with E-state index >= 15 is 0 Å². The molecule has 1 unspecified atom stereocenters. The molecule has 2 aliphatic rings. The fraction of sp³-hybridized carbons (Fsp3) is 0.650. The van der Waals surface area contributed by atoms with Gasteiger partial charge in [0.05, 0.1) is 0 Å². The molecule has 4 nitrogen and oxygen atoms in total. The molecule has 1 atom stereocenters. The van der Waals surface area contributed by atoms with Gasteiger partial charge in [0.15, 0.2) is 0 Å². The lowest BCUT2D eigenvalue weighted by Crippen LogP contribution is -2.55. The van der Waals surface area contributed by atoms with E-state index in [1.807, 2.05) is 4.90 Å². The maximum absolute atomic E-state index is 12.4. The molecule has 0 spiro atoms. The summed E-state index contributed by atoms with van der Waals surface area (Å²) >= 11 is 0. The third-order valence-electron chi connectivity index (χ3n) is 5.53. The van der Waals surface area contributed by atoms with Gasteiger partial charge >= 0.3 is 6.03 Å². The van der Waals surface area contributed by atoms with Crippen molar-refractivity contribution in [1.29, 1.82) is 0 Å². The van der Waals surface area contributed by atoms with Crippen molar-refractivity contribution in [2.24, 2.45) is 0 Å². The minimum atomic E-state index is 0.150. The molecule has 1 N–H and O–H groups in total. The van der Waals surface area contributed by atoms with Crippen LogP contribution in [0.15, 0.2) is 30.3 Å². The molecule has 0 bridgehead atoms. The fourth-order valence-electron chi connectivity index (χ4n) is 3.96. The van der Waals surface area contributed by atoms with Crippen LogP contribution < -0.4 is 5.32 Å². The Balaban J connectivity index is 1.42. The summed E-state index contributed by atoms with van der Waals surface area (Å²) in [6.45, 7) is 5.94. The Hall–Kier alpha value is -1.55. The molecule has 3 rings (SSSR count). The Labute approximate surface area is 146 Å². The predicted octanol–water partition coefficient (Wildman–Crippen LogP) is 3.28. The number of amides is 2. The lowest BCUT2D eigenvalue weighted by molar-refractivity contribution is 0.111. The summed E-state index contributed by atoms with van der Waals surface area (Å²) in [6, 6.07) is 11.8. The number of urea groups is 1. The van der Waals surface area contributed by atoms with E-state index in [4.69, 9.17) is 0 Å². The van der Waals surface area contributed by atoms with Crippen molar-refractivity contribution in [3.05, 3.63) is 35.9 Å². The maximum atomic E-state index is 12.4. The van der Waals surface area contributed by atoms with Crippen molar-refractivity contribution in [3.8, 4) is 0 Å². The number of piperazine rings is 1. The molecule has 132 valence electrons. The van der Waals surface area contributed by atoms with Crippen molar-refractivity contribution in [2.75, 3.05) is 26.2 Å². The second kappa shape index (κ2) is 8.52. The number of benzene rings is 1. The Bertz CT molecular complexity index is 505. The second-order valence-corrected chi connectivity index (χ2v) is 7.35. The fourth-order valence-corrected chi connectivity index (χ4v) is 3.96. The molecule has 4 heteroatoms. The summed E-state index contributed by atoms with van der Waals surface area (Å²) < 4.78 is 0. The van der Waals surface area contributed by atoms with Crippen LogP contribution in [0.2, 0.25) is 0 Å². The number of nitrogens with zero attached hydrogens (tertiary/aromatic N) is 2. The van der Waals surface area contributed by atoms with Crippen LogP contribution in [0.3, 0.4) is 0 Å². The molecular formula is C20H31N3O. The zero-order valence-corrected chi connectivity index (χ0v) is 14.9. The predicted molar refractivity (Wildman–Crippen MR) is 98.2 cm³/mol. The summed E-state index contributed by atoms with van der Waals surface area (Å²) in [5, 5.41) is 3.24. The molecule has 24 heavy (non-hydrogen) atoms. The van der Waals surface area contributed by atoms with Gasteiger partial charge in [0.25, 0.3) is 0 Å². The highest BCUT2D eigenvalue weighted by atomic mass is 16.2. The van der Waals surface area contributed by atoms with E-state index in [1.54, 1.807) is 0 Å². The van der Waals surface area contributed by atoms with Gasteiger partial charge in [0.1, 0.15) is 0 Å². The number of hydrogen-bond donors (Lipinski definition) is 1. The van der Waals surface area contributed by atoms with Gasteiger partial charge in [-0.05, 0) is 31.7 Å². The molecule has 1 aromatic rings. The Morgan fingerprint density at radius 1 is 1.08 bits per heavy atom. The number of carbonyl (C=O) groups excluding carboxylic acids is 1.